The Morgan fingerprint density at radius 1 is 1.09 bits per heavy atom. The molecule has 0 fully saturated rings. The molecule has 0 saturated heterocycles. The Morgan fingerprint density at radius 3 is 2.68 bits per heavy atom. The molecule has 0 aliphatic heterocycles. The minimum Gasteiger partial charge on any atom is -0.356 e. The minimum absolute atomic E-state index is 0.146. The van der Waals surface area contributed by atoms with E-state index >= 15 is 0 Å². The largest absolute Gasteiger partial charge is 0.356 e. The topological polar surface area (TPSA) is 29.1 Å². The maximum absolute atomic E-state index is 11.8. The maximum Gasteiger partial charge on any atom is 0.220 e. The average Bonchev–Trinajstić information content (AvgIpc) is 2.53. The summed E-state index contributed by atoms with van der Waals surface area (Å²) in [6.45, 7) is 2.86. The van der Waals surface area contributed by atoms with Gasteiger partial charge in [0.25, 0.3) is 0 Å². The molecule has 0 spiro atoms. The maximum atomic E-state index is 11.8. The van der Waals surface area contributed by atoms with Crippen molar-refractivity contribution in [2.45, 2.75) is 31.1 Å². The summed E-state index contributed by atoms with van der Waals surface area (Å²) in [6, 6.07) is 18.7. The van der Waals surface area contributed by atoms with Gasteiger partial charge in [-0.25, -0.2) is 0 Å². The normalized spacial score (nSPS) is 10.4. The highest BCUT2D eigenvalue weighted by molar-refractivity contribution is 7.99. The molecular weight excluding hydrogens is 290 g/mol. The molecule has 1 amide bonds. The molecule has 0 unspecified atom stereocenters. The lowest BCUT2D eigenvalue weighted by Gasteiger charge is -2.06. The predicted molar refractivity (Wildman–Crippen MR) is 94.3 cm³/mol. The van der Waals surface area contributed by atoms with Crippen molar-refractivity contribution < 1.29 is 4.79 Å². The first-order chi connectivity index (χ1) is 10.7. The third-order valence-electron chi connectivity index (χ3n) is 3.39. The van der Waals surface area contributed by atoms with Crippen LogP contribution >= 0.6 is 11.8 Å². The van der Waals surface area contributed by atoms with Crippen LogP contribution in [0.2, 0.25) is 0 Å². The third kappa shape index (κ3) is 6.35. The Kier molecular flexibility index (Phi) is 7.04. The van der Waals surface area contributed by atoms with Crippen LogP contribution in [0.3, 0.4) is 0 Å². The number of thioether (sulfide) groups is 1. The first-order valence-electron chi connectivity index (χ1n) is 7.74. The molecule has 0 radical (unpaired) electrons. The Labute approximate surface area is 137 Å². The van der Waals surface area contributed by atoms with E-state index in [1.54, 1.807) is 11.8 Å². The van der Waals surface area contributed by atoms with Gasteiger partial charge in [-0.05, 0) is 37.5 Å². The number of hydrogen-bond donors (Lipinski definition) is 1. The molecule has 0 aliphatic rings. The number of carbonyl (C=O) groups is 1. The number of hydrogen-bond acceptors (Lipinski definition) is 2. The van der Waals surface area contributed by atoms with Crippen LogP contribution in [-0.4, -0.2) is 18.2 Å². The van der Waals surface area contributed by atoms with Gasteiger partial charge in [0.2, 0.25) is 5.91 Å². The molecule has 1 N–H and O–H groups in total. The standard InChI is InChI=1S/C19H23NOS/c1-16-7-5-8-17(15-16)9-6-13-20-19(21)12-14-22-18-10-3-2-4-11-18/h2-5,7-8,10-11,15H,6,9,12-14H2,1H3,(H,20,21). The molecule has 0 atom stereocenters. The highest BCUT2D eigenvalue weighted by atomic mass is 32.2. The van der Waals surface area contributed by atoms with Crippen molar-refractivity contribution in [1.82, 2.24) is 5.32 Å². The Morgan fingerprint density at radius 2 is 1.91 bits per heavy atom. The lowest BCUT2D eigenvalue weighted by molar-refractivity contribution is -0.120. The fraction of sp³-hybridized carbons (Fsp3) is 0.316. The quantitative estimate of drug-likeness (QED) is 0.584. The van der Waals surface area contributed by atoms with Crippen molar-refractivity contribution in [1.29, 1.82) is 0 Å². The summed E-state index contributed by atoms with van der Waals surface area (Å²) in [5.74, 6) is 0.973. The van der Waals surface area contributed by atoms with Crippen LogP contribution in [0.5, 0.6) is 0 Å². The smallest absolute Gasteiger partial charge is 0.220 e. The molecule has 116 valence electrons. The molecule has 2 nitrogen and oxygen atoms in total. The van der Waals surface area contributed by atoms with Gasteiger partial charge in [-0.1, -0.05) is 48.0 Å². The van der Waals surface area contributed by atoms with Gasteiger partial charge in [-0.15, -0.1) is 11.8 Å². The zero-order valence-electron chi connectivity index (χ0n) is 13.0. The number of nitrogens with one attached hydrogen (secondary N) is 1. The lowest BCUT2D eigenvalue weighted by Crippen LogP contribution is -2.24. The zero-order chi connectivity index (χ0) is 15.6. The molecular formula is C19H23NOS. The molecule has 0 aliphatic carbocycles. The van der Waals surface area contributed by atoms with Crippen molar-refractivity contribution >= 4 is 17.7 Å². The van der Waals surface area contributed by atoms with E-state index in [2.05, 4.69) is 48.6 Å². The molecule has 22 heavy (non-hydrogen) atoms. The monoisotopic (exact) mass is 313 g/mol. The van der Waals surface area contributed by atoms with E-state index in [9.17, 15) is 4.79 Å². The van der Waals surface area contributed by atoms with Crippen LogP contribution in [0.1, 0.15) is 24.0 Å². The second-order valence-electron chi connectivity index (χ2n) is 5.35. The van der Waals surface area contributed by atoms with Gasteiger partial charge < -0.3 is 5.32 Å². The van der Waals surface area contributed by atoms with Gasteiger partial charge in [0.1, 0.15) is 0 Å². The van der Waals surface area contributed by atoms with Crippen molar-refractivity contribution in [3.8, 4) is 0 Å². The second kappa shape index (κ2) is 9.31. The fourth-order valence-electron chi connectivity index (χ4n) is 2.25. The number of carbonyl (C=O) groups excluding carboxylic acids is 1. The van der Waals surface area contributed by atoms with E-state index in [0.29, 0.717) is 6.42 Å². The number of aryl methyl sites for hydroxylation is 2. The van der Waals surface area contributed by atoms with Crippen LogP contribution in [-0.2, 0) is 11.2 Å². The van der Waals surface area contributed by atoms with Gasteiger partial charge in [-0.2, -0.15) is 0 Å². The second-order valence-corrected chi connectivity index (χ2v) is 6.52. The summed E-state index contributed by atoms with van der Waals surface area (Å²) in [7, 11) is 0. The van der Waals surface area contributed by atoms with Gasteiger partial charge in [-0.3, -0.25) is 4.79 Å². The van der Waals surface area contributed by atoms with Crippen molar-refractivity contribution in [3.63, 3.8) is 0 Å². The fourth-order valence-corrected chi connectivity index (χ4v) is 3.13. The molecule has 0 heterocycles. The Bertz CT molecular complexity index is 583. The third-order valence-corrected chi connectivity index (χ3v) is 4.40. The van der Waals surface area contributed by atoms with Gasteiger partial charge in [0.15, 0.2) is 0 Å². The van der Waals surface area contributed by atoms with E-state index in [1.165, 1.54) is 16.0 Å². The summed E-state index contributed by atoms with van der Waals surface area (Å²) >= 11 is 1.73. The number of rotatable bonds is 8. The van der Waals surface area contributed by atoms with E-state index in [4.69, 9.17) is 0 Å². The molecule has 2 rings (SSSR count). The predicted octanol–water partition coefficient (Wildman–Crippen LogP) is 4.23. The molecule has 2 aromatic rings. The van der Waals surface area contributed by atoms with E-state index in [-0.39, 0.29) is 5.91 Å². The van der Waals surface area contributed by atoms with E-state index < -0.39 is 0 Å². The van der Waals surface area contributed by atoms with E-state index in [0.717, 1.165) is 25.1 Å². The van der Waals surface area contributed by atoms with Crippen molar-refractivity contribution in [2.24, 2.45) is 0 Å². The molecule has 2 aromatic carbocycles. The average molecular weight is 313 g/mol. The first-order valence-corrected chi connectivity index (χ1v) is 8.73. The molecule has 3 heteroatoms. The van der Waals surface area contributed by atoms with Gasteiger partial charge >= 0.3 is 0 Å². The van der Waals surface area contributed by atoms with Gasteiger partial charge in [0, 0.05) is 23.6 Å². The van der Waals surface area contributed by atoms with Crippen LogP contribution in [0.25, 0.3) is 0 Å². The lowest BCUT2D eigenvalue weighted by atomic mass is 10.1. The molecule has 0 saturated carbocycles. The van der Waals surface area contributed by atoms with Gasteiger partial charge in [0.05, 0.1) is 0 Å². The summed E-state index contributed by atoms with van der Waals surface area (Å²) in [6.07, 6.45) is 2.58. The molecule has 0 bridgehead atoms. The summed E-state index contributed by atoms with van der Waals surface area (Å²) in [5, 5.41) is 3.00. The van der Waals surface area contributed by atoms with Crippen LogP contribution < -0.4 is 5.32 Å². The summed E-state index contributed by atoms with van der Waals surface area (Å²) < 4.78 is 0. The minimum atomic E-state index is 0.146. The van der Waals surface area contributed by atoms with Crippen LogP contribution in [0.4, 0.5) is 0 Å². The highest BCUT2D eigenvalue weighted by Gasteiger charge is 2.01. The van der Waals surface area contributed by atoms with Crippen molar-refractivity contribution in [2.75, 3.05) is 12.3 Å². The van der Waals surface area contributed by atoms with Crippen LogP contribution in [0.15, 0.2) is 59.5 Å². The zero-order valence-corrected chi connectivity index (χ0v) is 13.9. The first kappa shape index (κ1) is 16.6. The summed E-state index contributed by atoms with van der Waals surface area (Å²) in [5.41, 5.74) is 2.63. The summed E-state index contributed by atoms with van der Waals surface area (Å²) in [4.78, 5) is 13.0. The Hall–Kier alpha value is -1.74. The van der Waals surface area contributed by atoms with E-state index in [1.807, 2.05) is 18.2 Å². The highest BCUT2D eigenvalue weighted by Crippen LogP contribution is 2.17. The number of amides is 1. The Balaban J connectivity index is 1.56. The molecule has 0 aromatic heterocycles. The van der Waals surface area contributed by atoms with Crippen LogP contribution in [0, 0.1) is 6.92 Å². The van der Waals surface area contributed by atoms with Crippen molar-refractivity contribution in [3.05, 3.63) is 65.7 Å². The number of benzene rings is 2. The SMILES string of the molecule is Cc1cccc(CCCNC(=O)CCSc2ccccc2)c1.